The molecule has 2 rings (SSSR count). The molecule has 142 valence electrons. The van der Waals surface area contributed by atoms with E-state index >= 15 is 0 Å². The van der Waals surface area contributed by atoms with Crippen molar-refractivity contribution in [2.75, 3.05) is 16.9 Å². The Morgan fingerprint density at radius 1 is 1.11 bits per heavy atom. The highest BCUT2D eigenvalue weighted by atomic mass is 35.5. The molecule has 2 aromatic carbocycles. The number of benzene rings is 2. The van der Waals surface area contributed by atoms with Crippen molar-refractivity contribution in [2.45, 2.75) is 11.8 Å². The first-order valence-corrected chi connectivity index (χ1v) is 9.63. The minimum Gasteiger partial charge on any atom is -0.326 e. The fourth-order valence-electron chi connectivity index (χ4n) is 2.21. The number of carbonyl (C=O) groups excluding carboxylic acids is 2. The van der Waals surface area contributed by atoms with Gasteiger partial charge in [0.1, 0.15) is 4.90 Å². The number of nitrogens with zero attached hydrogens (tertiary/aromatic N) is 1. The number of nitro groups is 1. The highest BCUT2D eigenvalue weighted by molar-refractivity contribution is 7.90. The Morgan fingerprint density at radius 3 is 2.30 bits per heavy atom. The summed E-state index contributed by atoms with van der Waals surface area (Å²) in [4.78, 5) is 33.2. The lowest BCUT2D eigenvalue weighted by Crippen LogP contribution is -2.14. The van der Waals surface area contributed by atoms with Crippen LogP contribution in [0.3, 0.4) is 0 Å². The van der Waals surface area contributed by atoms with Gasteiger partial charge in [-0.1, -0.05) is 11.6 Å². The molecular formula is C16H14ClN3O6S. The quantitative estimate of drug-likeness (QED) is 0.573. The van der Waals surface area contributed by atoms with Crippen LogP contribution in [0.25, 0.3) is 0 Å². The molecule has 0 aliphatic heterocycles. The van der Waals surface area contributed by atoms with Crippen molar-refractivity contribution in [3.8, 4) is 0 Å². The topological polar surface area (TPSA) is 135 Å². The van der Waals surface area contributed by atoms with Gasteiger partial charge >= 0.3 is 0 Å². The normalized spacial score (nSPS) is 10.9. The third kappa shape index (κ3) is 5.02. The molecule has 0 saturated carbocycles. The van der Waals surface area contributed by atoms with E-state index < -0.39 is 31.3 Å². The minimum absolute atomic E-state index is 0.115. The molecule has 0 aliphatic rings. The maximum atomic E-state index is 12.4. The smallest absolute Gasteiger partial charge is 0.288 e. The second kappa shape index (κ2) is 7.72. The van der Waals surface area contributed by atoms with E-state index in [0.29, 0.717) is 5.69 Å². The second-order valence-electron chi connectivity index (χ2n) is 5.54. The Morgan fingerprint density at radius 2 is 1.78 bits per heavy atom. The van der Waals surface area contributed by atoms with E-state index in [-0.39, 0.29) is 22.2 Å². The van der Waals surface area contributed by atoms with Gasteiger partial charge in [-0.25, -0.2) is 8.42 Å². The number of nitrogens with one attached hydrogen (secondary N) is 2. The van der Waals surface area contributed by atoms with Crippen molar-refractivity contribution in [1.82, 2.24) is 0 Å². The summed E-state index contributed by atoms with van der Waals surface area (Å²) in [6.45, 7) is 1.33. The Hall–Kier alpha value is -2.98. The van der Waals surface area contributed by atoms with Crippen molar-refractivity contribution in [1.29, 1.82) is 0 Å². The van der Waals surface area contributed by atoms with Gasteiger partial charge in [0.25, 0.3) is 11.6 Å². The Balaban J connectivity index is 2.32. The molecule has 2 aromatic rings. The van der Waals surface area contributed by atoms with Crippen LogP contribution in [0, 0.1) is 10.1 Å². The summed E-state index contributed by atoms with van der Waals surface area (Å²) < 4.78 is 23.3. The molecule has 0 radical (unpaired) electrons. The maximum Gasteiger partial charge on any atom is 0.288 e. The van der Waals surface area contributed by atoms with Gasteiger partial charge in [-0.2, -0.15) is 0 Å². The van der Waals surface area contributed by atoms with Gasteiger partial charge in [0, 0.05) is 30.5 Å². The van der Waals surface area contributed by atoms with Crippen molar-refractivity contribution in [3.05, 3.63) is 57.1 Å². The van der Waals surface area contributed by atoms with E-state index in [2.05, 4.69) is 10.6 Å². The van der Waals surface area contributed by atoms with Crippen LogP contribution >= 0.6 is 11.6 Å². The van der Waals surface area contributed by atoms with Crippen LogP contribution in [0.15, 0.2) is 41.3 Å². The first-order valence-electron chi connectivity index (χ1n) is 7.36. The molecule has 0 bridgehead atoms. The number of hydrogen-bond acceptors (Lipinski definition) is 6. The summed E-state index contributed by atoms with van der Waals surface area (Å²) in [6, 6.07) is 7.43. The molecule has 0 unspecified atom stereocenters. The number of rotatable bonds is 5. The van der Waals surface area contributed by atoms with E-state index in [4.69, 9.17) is 11.6 Å². The minimum atomic E-state index is -3.83. The lowest BCUT2D eigenvalue weighted by molar-refractivity contribution is -0.387. The van der Waals surface area contributed by atoms with E-state index in [0.717, 1.165) is 24.5 Å². The molecule has 2 amide bonds. The highest BCUT2D eigenvalue weighted by Gasteiger charge is 2.24. The molecule has 9 nitrogen and oxygen atoms in total. The zero-order valence-electron chi connectivity index (χ0n) is 14.1. The first-order chi connectivity index (χ1) is 12.5. The van der Waals surface area contributed by atoms with Crippen LogP contribution < -0.4 is 10.6 Å². The fourth-order valence-corrected chi connectivity index (χ4v) is 3.26. The number of halogens is 1. The molecular weight excluding hydrogens is 398 g/mol. The van der Waals surface area contributed by atoms with Gasteiger partial charge in [-0.15, -0.1) is 0 Å². The van der Waals surface area contributed by atoms with Crippen molar-refractivity contribution in [3.63, 3.8) is 0 Å². The van der Waals surface area contributed by atoms with Crippen LogP contribution in [0.1, 0.15) is 17.3 Å². The lowest BCUT2D eigenvalue weighted by atomic mass is 10.2. The van der Waals surface area contributed by atoms with Crippen LogP contribution in [-0.2, 0) is 14.6 Å². The molecule has 0 heterocycles. The third-order valence-corrected chi connectivity index (χ3v) is 4.81. The average Bonchev–Trinajstić information content (AvgIpc) is 2.55. The largest absolute Gasteiger partial charge is 0.326 e. The molecule has 11 heteroatoms. The lowest BCUT2D eigenvalue weighted by Gasteiger charge is -2.10. The number of carbonyl (C=O) groups is 2. The van der Waals surface area contributed by atoms with Gasteiger partial charge in [0.2, 0.25) is 5.91 Å². The number of anilines is 2. The SMILES string of the molecule is CC(=O)Nc1ccc(NC(=O)c2ccc(S(C)(=O)=O)c([N+](=O)[O-])c2)c(Cl)c1. The summed E-state index contributed by atoms with van der Waals surface area (Å²) in [7, 11) is -3.83. The first kappa shape index (κ1) is 20.3. The van der Waals surface area contributed by atoms with Gasteiger partial charge in [0.15, 0.2) is 9.84 Å². The Bertz CT molecular complexity index is 1050. The average molecular weight is 412 g/mol. The Kier molecular flexibility index (Phi) is 5.82. The van der Waals surface area contributed by atoms with E-state index in [1.165, 1.54) is 25.1 Å². The zero-order chi connectivity index (χ0) is 20.4. The van der Waals surface area contributed by atoms with Gasteiger partial charge in [0.05, 0.1) is 15.6 Å². The van der Waals surface area contributed by atoms with E-state index in [1.807, 2.05) is 0 Å². The molecule has 0 aromatic heterocycles. The van der Waals surface area contributed by atoms with Crippen LogP contribution in [0.2, 0.25) is 5.02 Å². The molecule has 0 atom stereocenters. The number of hydrogen-bond donors (Lipinski definition) is 2. The molecule has 27 heavy (non-hydrogen) atoms. The van der Waals surface area contributed by atoms with Gasteiger partial charge < -0.3 is 10.6 Å². The zero-order valence-corrected chi connectivity index (χ0v) is 15.7. The fraction of sp³-hybridized carbons (Fsp3) is 0.125. The summed E-state index contributed by atoms with van der Waals surface area (Å²) in [6.07, 6.45) is 0.839. The van der Waals surface area contributed by atoms with Gasteiger partial charge in [-0.3, -0.25) is 19.7 Å². The number of amides is 2. The predicted octanol–water partition coefficient (Wildman–Crippen LogP) is 2.86. The predicted molar refractivity (Wildman–Crippen MR) is 99.9 cm³/mol. The second-order valence-corrected chi connectivity index (χ2v) is 7.93. The van der Waals surface area contributed by atoms with Crippen LogP contribution in [0.5, 0.6) is 0 Å². The maximum absolute atomic E-state index is 12.4. The van der Waals surface area contributed by atoms with E-state index in [1.54, 1.807) is 0 Å². The molecule has 0 aliphatic carbocycles. The summed E-state index contributed by atoms with van der Waals surface area (Å²) >= 11 is 6.06. The van der Waals surface area contributed by atoms with E-state index in [9.17, 15) is 28.1 Å². The highest BCUT2D eigenvalue weighted by Crippen LogP contribution is 2.28. The summed E-state index contributed by atoms with van der Waals surface area (Å²) in [5, 5.41) is 16.3. The van der Waals surface area contributed by atoms with Crippen LogP contribution in [-0.4, -0.2) is 31.4 Å². The van der Waals surface area contributed by atoms with Crippen molar-refractivity contribution < 1.29 is 22.9 Å². The molecule has 0 saturated heterocycles. The third-order valence-electron chi connectivity index (χ3n) is 3.35. The molecule has 0 spiro atoms. The van der Waals surface area contributed by atoms with Crippen molar-refractivity contribution in [2.24, 2.45) is 0 Å². The van der Waals surface area contributed by atoms with Crippen LogP contribution in [0.4, 0.5) is 17.1 Å². The monoisotopic (exact) mass is 411 g/mol. The number of sulfone groups is 1. The molecule has 0 fully saturated rings. The van der Waals surface area contributed by atoms with Gasteiger partial charge in [-0.05, 0) is 30.3 Å². The standard InChI is InChI=1S/C16H14ClN3O6S/c1-9(21)18-11-4-5-13(12(17)8-11)19-16(22)10-3-6-15(27(2,25)26)14(7-10)20(23)24/h3-8H,1-2H3,(H,18,21)(H,19,22). The Labute approximate surface area is 159 Å². The summed E-state index contributed by atoms with van der Waals surface area (Å²) in [5.41, 5.74) is -0.169. The molecule has 2 N–H and O–H groups in total. The summed E-state index contributed by atoms with van der Waals surface area (Å²) in [5.74, 6) is -1.01. The number of nitro benzene ring substituents is 1. The van der Waals surface area contributed by atoms with Crippen molar-refractivity contribution >= 4 is 50.3 Å².